The van der Waals surface area contributed by atoms with Crippen molar-refractivity contribution >= 4 is 25.8 Å². The van der Waals surface area contributed by atoms with Gasteiger partial charge in [0.1, 0.15) is 0 Å². The number of esters is 1. The first-order valence-electron chi connectivity index (χ1n) is 8.01. The number of ether oxygens (including phenoxy) is 1. The summed E-state index contributed by atoms with van der Waals surface area (Å²) in [5.74, 6) is -0.372. The first kappa shape index (κ1) is 16.9. The number of carbonyl (C=O) groups excluding carboxylic acids is 2. The Morgan fingerprint density at radius 3 is 2.21 bits per heavy atom. The molecule has 24 heavy (non-hydrogen) atoms. The molecule has 0 bridgehead atoms. The number of carbonyl (C=O) groups is 2. The Morgan fingerprint density at radius 1 is 0.917 bits per heavy atom. The summed E-state index contributed by atoms with van der Waals surface area (Å²) in [6.45, 7) is 2.30. The van der Waals surface area contributed by atoms with E-state index in [0.717, 1.165) is 18.7 Å². The van der Waals surface area contributed by atoms with Crippen LogP contribution in [0.15, 0.2) is 54.6 Å². The Hall–Kier alpha value is -1.94. The van der Waals surface area contributed by atoms with Crippen molar-refractivity contribution in [3.8, 4) is 0 Å². The van der Waals surface area contributed by atoms with Crippen molar-refractivity contribution in [3.05, 3.63) is 71.3 Å². The van der Waals surface area contributed by atoms with Gasteiger partial charge in [0.2, 0.25) is 0 Å². The van der Waals surface area contributed by atoms with Crippen molar-refractivity contribution in [2.24, 2.45) is 0 Å². The number of hydrogen-bond acceptors (Lipinski definition) is 4. The standard InChI is InChI=1S/C19H19NO3Se/c21-18(23-14-15-6-2-1-3-7-15)16-8-10-17(11-9-16)19(22)24-20-12-4-5-13-20/h1-3,6-11H,4-5,12-14H2. The molecule has 0 spiro atoms. The maximum atomic E-state index is 12.3. The molecule has 1 heterocycles. The summed E-state index contributed by atoms with van der Waals surface area (Å²) in [5.41, 5.74) is 2.09. The number of hydrogen-bond donors (Lipinski definition) is 0. The van der Waals surface area contributed by atoms with Crippen molar-refractivity contribution in [1.82, 2.24) is 3.92 Å². The van der Waals surface area contributed by atoms with Gasteiger partial charge in [0.15, 0.2) is 0 Å². The van der Waals surface area contributed by atoms with Crippen molar-refractivity contribution < 1.29 is 14.3 Å². The fourth-order valence-corrected chi connectivity index (χ4v) is 4.42. The molecule has 0 radical (unpaired) electrons. The van der Waals surface area contributed by atoms with E-state index in [4.69, 9.17) is 4.74 Å². The van der Waals surface area contributed by atoms with E-state index in [-0.39, 0.29) is 32.4 Å². The molecule has 2 aromatic carbocycles. The van der Waals surface area contributed by atoms with Crippen LogP contribution in [-0.4, -0.2) is 42.8 Å². The van der Waals surface area contributed by atoms with Crippen molar-refractivity contribution in [2.75, 3.05) is 13.1 Å². The summed E-state index contributed by atoms with van der Waals surface area (Å²) >= 11 is -0.147. The molecule has 0 unspecified atom stereocenters. The van der Waals surface area contributed by atoms with Gasteiger partial charge < -0.3 is 0 Å². The molecule has 0 aliphatic carbocycles. The average Bonchev–Trinajstić information content (AvgIpc) is 3.13. The van der Waals surface area contributed by atoms with Crippen molar-refractivity contribution in [2.45, 2.75) is 19.4 Å². The molecule has 2 aromatic rings. The second-order valence-corrected chi connectivity index (χ2v) is 7.90. The zero-order valence-corrected chi connectivity index (χ0v) is 15.0. The maximum absolute atomic E-state index is 12.3. The van der Waals surface area contributed by atoms with Gasteiger partial charge in [0.05, 0.1) is 0 Å². The second-order valence-electron chi connectivity index (χ2n) is 5.65. The topological polar surface area (TPSA) is 46.6 Å². The molecule has 0 aromatic heterocycles. The van der Waals surface area contributed by atoms with Crippen LogP contribution in [0.3, 0.4) is 0 Å². The van der Waals surface area contributed by atoms with Crippen LogP contribution in [0.25, 0.3) is 0 Å². The molecule has 4 nitrogen and oxygen atoms in total. The van der Waals surface area contributed by atoms with Gasteiger partial charge in [-0.1, -0.05) is 0 Å². The van der Waals surface area contributed by atoms with Gasteiger partial charge in [-0.25, -0.2) is 0 Å². The SMILES string of the molecule is O=C(OCc1ccccc1)c1ccc(C(=O)[Se]N2CCCC2)cc1. The van der Waals surface area contributed by atoms with Gasteiger partial charge in [0.25, 0.3) is 0 Å². The molecule has 0 N–H and O–H groups in total. The van der Waals surface area contributed by atoms with E-state index < -0.39 is 0 Å². The second kappa shape index (κ2) is 8.24. The third-order valence-electron chi connectivity index (χ3n) is 3.85. The predicted octanol–water partition coefficient (Wildman–Crippen LogP) is 2.90. The van der Waals surface area contributed by atoms with Crippen LogP contribution in [-0.2, 0) is 11.3 Å². The van der Waals surface area contributed by atoms with Crippen LogP contribution in [0, 0.1) is 0 Å². The average molecular weight is 388 g/mol. The van der Waals surface area contributed by atoms with Crippen molar-refractivity contribution in [1.29, 1.82) is 0 Å². The van der Waals surface area contributed by atoms with Gasteiger partial charge in [-0.2, -0.15) is 0 Å². The molecule has 3 rings (SSSR count). The Kier molecular flexibility index (Phi) is 5.81. The Bertz CT molecular complexity index is 694. The monoisotopic (exact) mass is 389 g/mol. The number of benzene rings is 2. The van der Waals surface area contributed by atoms with Crippen LogP contribution in [0.4, 0.5) is 0 Å². The Balaban J connectivity index is 1.55. The molecule has 5 heteroatoms. The molecular weight excluding hydrogens is 369 g/mol. The molecule has 1 aliphatic rings. The molecule has 1 aliphatic heterocycles. The quantitative estimate of drug-likeness (QED) is 0.564. The molecular formula is C19H19NO3Se. The molecule has 1 fully saturated rings. The number of nitrogens with zero attached hydrogens (tertiary/aromatic N) is 1. The summed E-state index contributed by atoms with van der Waals surface area (Å²) in [6.07, 6.45) is 2.36. The first-order valence-corrected chi connectivity index (χ1v) is 9.63. The minimum absolute atomic E-state index is 0.147. The van der Waals surface area contributed by atoms with Crippen molar-refractivity contribution in [3.63, 3.8) is 0 Å². The van der Waals surface area contributed by atoms with Crippen LogP contribution < -0.4 is 0 Å². The first-order chi connectivity index (χ1) is 11.7. The zero-order valence-electron chi connectivity index (χ0n) is 13.3. The van der Waals surface area contributed by atoms with Gasteiger partial charge in [-0.05, 0) is 0 Å². The number of rotatable bonds is 6. The summed E-state index contributed by atoms with van der Waals surface area (Å²) < 4.78 is 7.69. The van der Waals surface area contributed by atoms with E-state index in [1.54, 1.807) is 24.3 Å². The van der Waals surface area contributed by atoms with E-state index in [1.165, 1.54) is 12.8 Å². The molecule has 1 saturated heterocycles. The Labute approximate surface area is 148 Å². The molecule has 124 valence electrons. The minimum atomic E-state index is -0.372. The molecule has 0 saturated carbocycles. The fraction of sp³-hybridized carbons (Fsp3) is 0.263. The third kappa shape index (κ3) is 4.54. The Morgan fingerprint density at radius 2 is 1.54 bits per heavy atom. The summed E-state index contributed by atoms with van der Waals surface area (Å²) in [4.78, 5) is 24.3. The molecule has 0 atom stereocenters. The zero-order chi connectivity index (χ0) is 16.8. The van der Waals surface area contributed by atoms with Crippen LogP contribution in [0.5, 0.6) is 0 Å². The van der Waals surface area contributed by atoms with E-state index >= 15 is 0 Å². The molecule has 0 amide bonds. The van der Waals surface area contributed by atoms with Gasteiger partial charge >= 0.3 is 148 Å². The van der Waals surface area contributed by atoms with Crippen LogP contribution in [0.1, 0.15) is 39.1 Å². The predicted molar refractivity (Wildman–Crippen MR) is 92.9 cm³/mol. The van der Waals surface area contributed by atoms with Crippen LogP contribution >= 0.6 is 0 Å². The summed E-state index contributed by atoms with van der Waals surface area (Å²) in [5, 5.41) is 0. The third-order valence-corrected chi connectivity index (χ3v) is 6.00. The van der Waals surface area contributed by atoms with Crippen LogP contribution in [0.2, 0.25) is 0 Å². The normalized spacial score (nSPS) is 14.5. The van der Waals surface area contributed by atoms with E-state index in [2.05, 4.69) is 3.92 Å². The van der Waals surface area contributed by atoms with E-state index in [9.17, 15) is 9.59 Å². The summed E-state index contributed by atoms with van der Waals surface area (Å²) in [6, 6.07) is 16.3. The van der Waals surface area contributed by atoms with Gasteiger partial charge in [0, 0.05) is 0 Å². The van der Waals surface area contributed by atoms with Gasteiger partial charge in [-0.3, -0.25) is 0 Å². The van der Waals surface area contributed by atoms with E-state index in [0.29, 0.717) is 11.1 Å². The fourth-order valence-electron chi connectivity index (χ4n) is 2.50. The van der Waals surface area contributed by atoms with E-state index in [1.807, 2.05) is 30.3 Å². The van der Waals surface area contributed by atoms with Gasteiger partial charge in [-0.15, -0.1) is 0 Å². The summed E-state index contributed by atoms with van der Waals surface area (Å²) in [7, 11) is 0.